The number of rotatable bonds is 4. The fourth-order valence-electron chi connectivity index (χ4n) is 6.09. The largest absolute Gasteiger partial charge is 0.494 e. The third kappa shape index (κ3) is 4.39. The minimum atomic E-state index is -0.514. The van der Waals surface area contributed by atoms with Gasteiger partial charge in [0, 0.05) is 54.9 Å². The molecule has 4 heterocycles. The van der Waals surface area contributed by atoms with Crippen LogP contribution in [0.1, 0.15) is 52.2 Å². The molecular formula is C29H34N6O5. The van der Waals surface area contributed by atoms with Gasteiger partial charge in [0.2, 0.25) is 5.88 Å². The van der Waals surface area contributed by atoms with Crippen molar-refractivity contribution < 1.29 is 19.6 Å². The molecule has 11 nitrogen and oxygen atoms in total. The molecule has 2 saturated heterocycles. The number of nitrogens with one attached hydrogen (secondary N) is 1. The maximum absolute atomic E-state index is 12.7. The summed E-state index contributed by atoms with van der Waals surface area (Å²) in [6.45, 7) is 11.8. The van der Waals surface area contributed by atoms with E-state index in [2.05, 4.69) is 40.8 Å². The molecule has 3 aliphatic heterocycles. The molecule has 0 spiro atoms. The number of nitro groups is 1. The van der Waals surface area contributed by atoms with Crippen LogP contribution in [0.2, 0.25) is 0 Å². The van der Waals surface area contributed by atoms with Crippen LogP contribution in [0.15, 0.2) is 41.4 Å². The molecule has 40 heavy (non-hydrogen) atoms. The van der Waals surface area contributed by atoms with E-state index in [0.717, 1.165) is 29.9 Å². The zero-order valence-electron chi connectivity index (χ0n) is 23.3. The highest BCUT2D eigenvalue weighted by atomic mass is 16.6. The summed E-state index contributed by atoms with van der Waals surface area (Å²) in [5.74, 6) is 0.559. The lowest BCUT2D eigenvalue weighted by atomic mass is 10.0. The van der Waals surface area contributed by atoms with Gasteiger partial charge in [0.25, 0.3) is 5.69 Å². The number of likely N-dealkylation sites (tertiary alicyclic amines) is 1. The second-order valence-electron chi connectivity index (χ2n) is 12.1. The van der Waals surface area contributed by atoms with Crippen LogP contribution in [0.3, 0.4) is 0 Å². The van der Waals surface area contributed by atoms with Crippen LogP contribution in [-0.2, 0) is 11.3 Å². The van der Waals surface area contributed by atoms with Crippen LogP contribution < -0.4 is 4.90 Å². The Labute approximate surface area is 232 Å². The maximum atomic E-state index is 12.7. The van der Waals surface area contributed by atoms with Crippen LogP contribution in [0.25, 0.3) is 10.9 Å². The van der Waals surface area contributed by atoms with Gasteiger partial charge in [-0.25, -0.2) is 9.79 Å². The number of carbonyl (C=O) groups is 1. The highest BCUT2D eigenvalue weighted by molar-refractivity contribution is 6.13. The Morgan fingerprint density at radius 1 is 1.18 bits per heavy atom. The molecule has 2 unspecified atom stereocenters. The number of aromatic hydroxyl groups is 1. The number of non-ortho nitro benzene ring substituents is 1. The standard InChI is InChI=1S/C29H34N6O5/c1-16(2)32-13-17-10-18(33-14-21-11-20(33)15-34(21)28(37)40-29(3,4)5)7-9-23(17)30-26(32)25-22-8-6-19(35(38)39)12-24(22)31-27(25)36/h6-10,12,16,20-21,31,36H,11,13-15H2,1-5H3. The Kier molecular flexibility index (Phi) is 5.93. The Morgan fingerprint density at radius 2 is 1.95 bits per heavy atom. The van der Waals surface area contributed by atoms with Crippen molar-refractivity contribution in [3.05, 3.63) is 57.6 Å². The maximum Gasteiger partial charge on any atom is 0.410 e. The van der Waals surface area contributed by atoms with Crippen molar-refractivity contribution >= 4 is 39.9 Å². The minimum Gasteiger partial charge on any atom is -0.494 e. The summed E-state index contributed by atoms with van der Waals surface area (Å²) in [5, 5.41) is 22.8. The van der Waals surface area contributed by atoms with Crippen molar-refractivity contribution in [1.82, 2.24) is 14.8 Å². The predicted molar refractivity (Wildman–Crippen MR) is 152 cm³/mol. The Morgan fingerprint density at radius 3 is 2.60 bits per heavy atom. The monoisotopic (exact) mass is 546 g/mol. The van der Waals surface area contributed by atoms with Crippen molar-refractivity contribution in [2.24, 2.45) is 4.99 Å². The first-order valence-corrected chi connectivity index (χ1v) is 13.6. The van der Waals surface area contributed by atoms with Gasteiger partial charge in [-0.1, -0.05) is 0 Å². The molecule has 0 saturated carbocycles. The third-order valence-corrected chi connectivity index (χ3v) is 7.92. The van der Waals surface area contributed by atoms with Gasteiger partial charge in [-0.2, -0.15) is 0 Å². The summed E-state index contributed by atoms with van der Waals surface area (Å²) in [6, 6.07) is 11.2. The second kappa shape index (κ2) is 9.14. The molecule has 1 aromatic heterocycles. The van der Waals surface area contributed by atoms with E-state index in [1.807, 2.05) is 31.7 Å². The van der Waals surface area contributed by atoms with E-state index < -0.39 is 10.5 Å². The number of benzene rings is 2. The lowest BCUT2D eigenvalue weighted by Gasteiger charge is -2.37. The number of hydrogen-bond acceptors (Lipinski definition) is 8. The van der Waals surface area contributed by atoms with E-state index in [4.69, 9.17) is 9.73 Å². The number of nitrogens with zero attached hydrogens (tertiary/aromatic N) is 5. The Hall–Kier alpha value is -4.28. The summed E-state index contributed by atoms with van der Waals surface area (Å²) < 4.78 is 5.61. The average Bonchev–Trinajstić information content (AvgIpc) is 3.58. The van der Waals surface area contributed by atoms with Crippen molar-refractivity contribution in [3.63, 3.8) is 0 Å². The predicted octanol–water partition coefficient (Wildman–Crippen LogP) is 5.28. The van der Waals surface area contributed by atoms with Crippen molar-refractivity contribution in [2.45, 2.75) is 71.3 Å². The number of anilines is 1. The number of fused-ring (bicyclic) bond motifs is 4. The first-order valence-electron chi connectivity index (χ1n) is 13.6. The molecule has 3 aromatic rings. The van der Waals surface area contributed by atoms with Gasteiger partial charge in [-0.3, -0.25) is 10.1 Å². The number of amides is 1. The highest BCUT2D eigenvalue weighted by Gasteiger charge is 2.46. The normalized spacial score (nSPS) is 20.4. The van der Waals surface area contributed by atoms with Crippen molar-refractivity contribution in [3.8, 4) is 5.88 Å². The number of nitro benzene ring substituents is 1. The van der Waals surface area contributed by atoms with Crippen LogP contribution in [0.5, 0.6) is 5.88 Å². The zero-order chi connectivity index (χ0) is 28.5. The van der Waals surface area contributed by atoms with Gasteiger partial charge in [0.05, 0.1) is 27.7 Å². The topological polar surface area (TPSA) is 128 Å². The minimum absolute atomic E-state index is 0.0469. The second-order valence-corrected chi connectivity index (χ2v) is 12.1. The molecule has 210 valence electrons. The lowest BCUT2D eigenvalue weighted by molar-refractivity contribution is -0.384. The molecule has 11 heteroatoms. The quantitative estimate of drug-likeness (QED) is 0.337. The molecule has 2 fully saturated rings. The van der Waals surface area contributed by atoms with Crippen LogP contribution in [0, 0.1) is 10.1 Å². The molecule has 2 bridgehead atoms. The van der Waals surface area contributed by atoms with Crippen LogP contribution in [0.4, 0.5) is 21.9 Å². The molecular weight excluding hydrogens is 512 g/mol. The van der Waals surface area contributed by atoms with Gasteiger partial charge in [-0.05, 0) is 70.9 Å². The van der Waals surface area contributed by atoms with Gasteiger partial charge in [0.15, 0.2) is 0 Å². The van der Waals surface area contributed by atoms with Crippen LogP contribution >= 0.6 is 0 Å². The van der Waals surface area contributed by atoms with Gasteiger partial charge >= 0.3 is 6.09 Å². The third-order valence-electron chi connectivity index (χ3n) is 7.92. The summed E-state index contributed by atoms with van der Waals surface area (Å²) in [7, 11) is 0. The van der Waals surface area contributed by atoms with Crippen molar-refractivity contribution in [2.75, 3.05) is 18.0 Å². The number of ether oxygens (including phenoxy) is 1. The van der Waals surface area contributed by atoms with Gasteiger partial charge in [-0.15, -0.1) is 0 Å². The molecule has 3 aliphatic rings. The average molecular weight is 547 g/mol. The van der Waals surface area contributed by atoms with E-state index >= 15 is 0 Å². The Balaban J connectivity index is 1.29. The van der Waals surface area contributed by atoms with E-state index in [-0.39, 0.29) is 35.8 Å². The smallest absolute Gasteiger partial charge is 0.410 e. The zero-order valence-corrected chi connectivity index (χ0v) is 23.3. The van der Waals surface area contributed by atoms with Gasteiger partial charge < -0.3 is 29.5 Å². The Bertz CT molecular complexity index is 1550. The van der Waals surface area contributed by atoms with Crippen LogP contribution in [-0.4, -0.2) is 73.6 Å². The molecule has 6 rings (SSSR count). The van der Waals surface area contributed by atoms with E-state index in [0.29, 0.717) is 35.4 Å². The van der Waals surface area contributed by atoms with E-state index in [9.17, 15) is 20.0 Å². The number of hydrogen-bond donors (Lipinski definition) is 2. The number of aliphatic imine (C=N–C) groups is 1. The fourth-order valence-corrected chi connectivity index (χ4v) is 6.09. The number of H-pyrrole nitrogens is 1. The SMILES string of the molecule is CC(C)N1Cc2cc(N3CC4CC3CN4C(=O)OC(C)(C)C)ccc2N=C1c1c(O)[nH]c2cc([N+](=O)[O-])ccc12. The number of amidine groups is 1. The number of carbonyl (C=O) groups excluding carboxylic acids is 1. The number of aromatic amines is 1. The number of piperazine rings is 1. The molecule has 2 aromatic carbocycles. The summed E-state index contributed by atoms with van der Waals surface area (Å²) >= 11 is 0. The fraction of sp³-hybridized carbons (Fsp3) is 0.448. The molecule has 0 aliphatic carbocycles. The molecule has 2 N–H and O–H groups in total. The van der Waals surface area contributed by atoms with E-state index in [1.165, 1.54) is 12.1 Å². The summed E-state index contributed by atoms with van der Waals surface area (Å²) in [4.78, 5) is 37.7. The first kappa shape index (κ1) is 26.0. The van der Waals surface area contributed by atoms with Gasteiger partial charge in [0.1, 0.15) is 11.4 Å². The molecule has 2 atom stereocenters. The summed E-state index contributed by atoms with van der Waals surface area (Å²) in [6.07, 6.45) is 0.684. The first-order chi connectivity index (χ1) is 18.9. The lowest BCUT2D eigenvalue weighted by Crippen LogP contribution is -2.50. The van der Waals surface area contributed by atoms with Crippen molar-refractivity contribution in [1.29, 1.82) is 0 Å². The number of aromatic nitrogens is 1. The highest BCUT2D eigenvalue weighted by Crippen LogP contribution is 2.40. The molecule has 0 radical (unpaired) electrons. The molecule has 1 amide bonds. The summed E-state index contributed by atoms with van der Waals surface area (Å²) in [5.41, 5.74) is 3.48. The van der Waals surface area contributed by atoms with E-state index in [1.54, 1.807) is 6.07 Å².